The molecule has 0 aliphatic heterocycles. The van der Waals surface area contributed by atoms with Crippen LogP contribution in [0.1, 0.15) is 50.2 Å². The van der Waals surface area contributed by atoms with E-state index < -0.39 is 26.2 Å². The van der Waals surface area contributed by atoms with E-state index in [-0.39, 0.29) is 48.2 Å². The summed E-state index contributed by atoms with van der Waals surface area (Å²) in [6.45, 7) is 1.97. The van der Waals surface area contributed by atoms with E-state index in [0.717, 1.165) is 24.4 Å². The van der Waals surface area contributed by atoms with Crippen molar-refractivity contribution in [3.05, 3.63) is 65.2 Å². The summed E-state index contributed by atoms with van der Waals surface area (Å²) < 4.78 is 59.9. The molecule has 3 rings (SSSR count). The highest BCUT2D eigenvalue weighted by Crippen LogP contribution is 2.49. The standard InChI is InChI=1S/C23H25F2NO5S/c1-2-31-22(27)13-16-9-11-23(12-10-16,20-14-18(24)5-8-21(20)25)32(29,30)19-6-3-17(4-7-19)15-26-28/h3-8,14-16,28H,2,9-13H2,1H3. The van der Waals surface area contributed by atoms with E-state index in [1.54, 1.807) is 6.92 Å². The van der Waals surface area contributed by atoms with Crippen molar-refractivity contribution in [3.63, 3.8) is 0 Å². The fourth-order valence-electron chi connectivity index (χ4n) is 4.36. The lowest BCUT2D eigenvalue weighted by Gasteiger charge is -2.40. The molecule has 1 saturated carbocycles. The van der Waals surface area contributed by atoms with Crippen LogP contribution in [0.5, 0.6) is 0 Å². The van der Waals surface area contributed by atoms with E-state index in [2.05, 4.69) is 5.16 Å². The van der Waals surface area contributed by atoms with Gasteiger partial charge >= 0.3 is 5.97 Å². The van der Waals surface area contributed by atoms with Gasteiger partial charge < -0.3 is 9.94 Å². The third-order valence-electron chi connectivity index (χ3n) is 6.00. The van der Waals surface area contributed by atoms with Crippen molar-refractivity contribution >= 4 is 22.0 Å². The second-order valence-corrected chi connectivity index (χ2v) is 10.1. The first kappa shape index (κ1) is 23.8. The molecule has 2 aromatic rings. The van der Waals surface area contributed by atoms with Crippen molar-refractivity contribution in [1.82, 2.24) is 0 Å². The Morgan fingerprint density at radius 3 is 2.44 bits per heavy atom. The van der Waals surface area contributed by atoms with Crippen LogP contribution in [0.15, 0.2) is 52.5 Å². The van der Waals surface area contributed by atoms with Crippen LogP contribution in [-0.2, 0) is 24.1 Å². The van der Waals surface area contributed by atoms with Gasteiger partial charge in [0, 0.05) is 12.0 Å². The molecule has 0 heterocycles. The van der Waals surface area contributed by atoms with Gasteiger partial charge in [-0.15, -0.1) is 0 Å². The third kappa shape index (κ3) is 4.67. The fraction of sp³-hybridized carbons (Fsp3) is 0.391. The number of hydrogen-bond acceptors (Lipinski definition) is 6. The average molecular weight is 466 g/mol. The van der Waals surface area contributed by atoms with Crippen LogP contribution in [-0.4, -0.2) is 32.4 Å². The maximum absolute atomic E-state index is 14.9. The van der Waals surface area contributed by atoms with Crippen molar-refractivity contribution in [2.24, 2.45) is 11.1 Å². The molecule has 0 spiro atoms. The third-order valence-corrected chi connectivity index (χ3v) is 8.55. The maximum Gasteiger partial charge on any atom is 0.306 e. The minimum absolute atomic E-state index is 0.0413. The largest absolute Gasteiger partial charge is 0.466 e. The summed E-state index contributed by atoms with van der Waals surface area (Å²) in [6, 6.07) is 8.49. The summed E-state index contributed by atoms with van der Waals surface area (Å²) in [5.74, 6) is -1.97. The zero-order valence-corrected chi connectivity index (χ0v) is 18.4. The van der Waals surface area contributed by atoms with Crippen LogP contribution >= 0.6 is 0 Å². The Kier molecular flexibility index (Phi) is 7.28. The maximum atomic E-state index is 14.9. The van der Waals surface area contributed by atoms with Gasteiger partial charge in [-0.05, 0) is 74.4 Å². The molecule has 6 nitrogen and oxygen atoms in total. The molecule has 1 fully saturated rings. The van der Waals surface area contributed by atoms with Gasteiger partial charge in [0.15, 0.2) is 9.84 Å². The predicted octanol–water partition coefficient (Wildman–Crippen LogP) is 4.59. The van der Waals surface area contributed by atoms with Crippen molar-refractivity contribution < 1.29 is 31.9 Å². The molecule has 2 aromatic carbocycles. The van der Waals surface area contributed by atoms with Crippen molar-refractivity contribution in [1.29, 1.82) is 0 Å². The minimum atomic E-state index is -4.14. The van der Waals surface area contributed by atoms with E-state index >= 15 is 0 Å². The highest BCUT2D eigenvalue weighted by atomic mass is 32.2. The first-order valence-electron chi connectivity index (χ1n) is 10.4. The van der Waals surface area contributed by atoms with Gasteiger partial charge in [0.05, 0.1) is 17.7 Å². The quantitative estimate of drug-likeness (QED) is 0.280. The number of ether oxygens (including phenoxy) is 1. The summed E-state index contributed by atoms with van der Waals surface area (Å²) in [6.07, 6.45) is 2.09. The Bertz CT molecular complexity index is 1090. The van der Waals surface area contributed by atoms with Crippen LogP contribution in [0.3, 0.4) is 0 Å². The van der Waals surface area contributed by atoms with Crippen molar-refractivity contribution in [2.45, 2.75) is 48.7 Å². The van der Waals surface area contributed by atoms with Crippen molar-refractivity contribution in [2.75, 3.05) is 6.61 Å². The summed E-state index contributed by atoms with van der Waals surface area (Å²) in [5, 5.41) is 11.6. The number of hydrogen-bond donors (Lipinski definition) is 1. The molecule has 172 valence electrons. The number of benzene rings is 2. The van der Waals surface area contributed by atoms with Crippen LogP contribution in [0, 0.1) is 17.6 Å². The zero-order chi connectivity index (χ0) is 23.4. The van der Waals surface area contributed by atoms with Gasteiger partial charge in [0.2, 0.25) is 0 Å². The molecule has 0 saturated heterocycles. The molecule has 1 aliphatic rings. The first-order chi connectivity index (χ1) is 15.2. The Hall–Kier alpha value is -2.81. The molecule has 9 heteroatoms. The number of halogens is 2. The molecule has 0 radical (unpaired) electrons. The lowest BCUT2D eigenvalue weighted by atomic mass is 9.76. The van der Waals surface area contributed by atoms with Crippen LogP contribution < -0.4 is 0 Å². The summed E-state index contributed by atoms with van der Waals surface area (Å²) >= 11 is 0. The lowest BCUT2D eigenvalue weighted by molar-refractivity contribution is -0.144. The number of sulfone groups is 1. The normalized spacial score (nSPS) is 21.5. The Morgan fingerprint density at radius 2 is 1.84 bits per heavy atom. The fourth-order valence-corrected chi connectivity index (χ4v) is 6.52. The molecule has 0 bridgehead atoms. The second kappa shape index (κ2) is 9.77. The van der Waals surface area contributed by atoms with Gasteiger partial charge in [-0.1, -0.05) is 17.3 Å². The minimum Gasteiger partial charge on any atom is -0.466 e. The molecule has 0 aromatic heterocycles. The monoisotopic (exact) mass is 465 g/mol. The molecule has 0 unspecified atom stereocenters. The van der Waals surface area contributed by atoms with Crippen LogP contribution in [0.25, 0.3) is 0 Å². The average Bonchev–Trinajstić information content (AvgIpc) is 2.77. The van der Waals surface area contributed by atoms with E-state index in [0.29, 0.717) is 18.4 Å². The summed E-state index contributed by atoms with van der Waals surface area (Å²) in [7, 11) is -4.14. The van der Waals surface area contributed by atoms with Gasteiger partial charge in [0.1, 0.15) is 16.4 Å². The van der Waals surface area contributed by atoms with E-state index in [4.69, 9.17) is 9.94 Å². The molecular weight excluding hydrogens is 440 g/mol. The smallest absolute Gasteiger partial charge is 0.306 e. The molecular formula is C23H25F2NO5S. The highest BCUT2D eigenvalue weighted by Gasteiger charge is 2.50. The SMILES string of the molecule is CCOC(=O)CC1CCC(c2cc(F)ccc2F)(S(=O)(=O)c2ccc(C=NO)cc2)CC1. The number of carbonyl (C=O) groups excluding carboxylic acids is 1. The molecule has 1 N–H and O–H groups in total. The van der Waals surface area contributed by atoms with E-state index in [9.17, 15) is 22.0 Å². The second-order valence-electron chi connectivity index (χ2n) is 7.89. The highest BCUT2D eigenvalue weighted by molar-refractivity contribution is 7.92. The first-order valence-corrected chi connectivity index (χ1v) is 11.8. The van der Waals surface area contributed by atoms with E-state index in [1.807, 2.05) is 0 Å². The van der Waals surface area contributed by atoms with Crippen LogP contribution in [0.2, 0.25) is 0 Å². The Labute approximate surface area is 185 Å². The number of rotatable bonds is 7. The number of oxime groups is 1. The molecule has 1 aliphatic carbocycles. The lowest BCUT2D eigenvalue weighted by Crippen LogP contribution is -2.41. The molecule has 0 amide bonds. The summed E-state index contributed by atoms with van der Waals surface area (Å²) in [5.41, 5.74) is 0.281. The zero-order valence-electron chi connectivity index (χ0n) is 17.6. The van der Waals surface area contributed by atoms with Crippen LogP contribution in [0.4, 0.5) is 8.78 Å². The Morgan fingerprint density at radius 1 is 1.19 bits per heavy atom. The van der Waals surface area contributed by atoms with E-state index in [1.165, 1.54) is 24.3 Å². The summed E-state index contributed by atoms with van der Waals surface area (Å²) in [4.78, 5) is 11.8. The van der Waals surface area contributed by atoms with Gasteiger partial charge in [-0.2, -0.15) is 0 Å². The topological polar surface area (TPSA) is 93.0 Å². The number of carbonyl (C=O) groups is 1. The van der Waals surface area contributed by atoms with Gasteiger partial charge in [0.25, 0.3) is 0 Å². The number of nitrogens with zero attached hydrogens (tertiary/aromatic N) is 1. The molecule has 0 atom stereocenters. The Balaban J connectivity index is 2.02. The number of esters is 1. The predicted molar refractivity (Wildman–Crippen MR) is 114 cm³/mol. The van der Waals surface area contributed by atoms with Crippen molar-refractivity contribution in [3.8, 4) is 0 Å². The van der Waals surface area contributed by atoms with Gasteiger partial charge in [-0.3, -0.25) is 4.79 Å². The van der Waals surface area contributed by atoms with Gasteiger partial charge in [-0.25, -0.2) is 17.2 Å². The molecule has 32 heavy (non-hydrogen) atoms.